The van der Waals surface area contributed by atoms with Crippen LogP contribution in [0.2, 0.25) is 0 Å². The van der Waals surface area contributed by atoms with Crippen molar-refractivity contribution in [2.75, 3.05) is 0 Å². The number of hydrogen-bond donors (Lipinski definition) is 2. The number of amides is 1. The molecule has 0 aliphatic heterocycles. The topological polar surface area (TPSA) is 79.5 Å². The van der Waals surface area contributed by atoms with Crippen molar-refractivity contribution in [3.8, 4) is 0 Å². The van der Waals surface area contributed by atoms with Crippen molar-refractivity contribution in [1.29, 1.82) is 0 Å². The minimum Gasteiger partial charge on any atom is -0.478 e. The van der Waals surface area contributed by atoms with E-state index in [0.717, 1.165) is 56.1 Å². The number of aromatic carboxylic acids is 1. The Balaban J connectivity index is 1.27. The van der Waals surface area contributed by atoms with E-state index < -0.39 is 5.97 Å². The largest absolute Gasteiger partial charge is 0.478 e. The van der Waals surface area contributed by atoms with Crippen molar-refractivity contribution in [3.63, 3.8) is 0 Å². The third kappa shape index (κ3) is 5.60. The molecule has 6 rings (SSSR count). The summed E-state index contributed by atoms with van der Waals surface area (Å²) in [6, 6.07) is 9.45. The van der Waals surface area contributed by atoms with Crippen molar-refractivity contribution >= 4 is 17.4 Å². The number of allylic oxidation sites excluding steroid dienone is 3. The molecule has 8 atom stereocenters. The molecule has 46 heavy (non-hydrogen) atoms. The van der Waals surface area contributed by atoms with Gasteiger partial charge in [0, 0.05) is 12.1 Å². The van der Waals surface area contributed by atoms with Crippen LogP contribution in [0.15, 0.2) is 65.5 Å². The third-order valence-corrected chi connectivity index (χ3v) is 13.9. The molecule has 248 valence electrons. The van der Waals surface area contributed by atoms with Gasteiger partial charge in [0.05, 0.1) is 23.5 Å². The summed E-state index contributed by atoms with van der Waals surface area (Å²) >= 11 is 0. The fourth-order valence-corrected chi connectivity index (χ4v) is 11.1. The van der Waals surface area contributed by atoms with Crippen molar-refractivity contribution in [2.45, 2.75) is 105 Å². The van der Waals surface area contributed by atoms with Gasteiger partial charge in [-0.1, -0.05) is 64.5 Å². The molecule has 8 unspecified atom stereocenters. The Morgan fingerprint density at radius 1 is 0.957 bits per heavy atom. The molecule has 1 aromatic heterocycles. The third-order valence-electron chi connectivity index (χ3n) is 13.9. The molecule has 2 aromatic rings. The molecule has 3 fully saturated rings. The molecular weight excluding hydrogens is 570 g/mol. The molecule has 2 N–H and O–H groups in total. The number of carbonyl (C=O) groups is 2. The van der Waals surface area contributed by atoms with Gasteiger partial charge < -0.3 is 14.8 Å². The Kier molecular flexibility index (Phi) is 8.93. The fourth-order valence-electron chi connectivity index (χ4n) is 11.1. The van der Waals surface area contributed by atoms with Crippen LogP contribution < -0.4 is 5.32 Å². The van der Waals surface area contributed by atoms with E-state index in [1.165, 1.54) is 30.4 Å². The van der Waals surface area contributed by atoms with Crippen molar-refractivity contribution in [1.82, 2.24) is 5.32 Å². The van der Waals surface area contributed by atoms with E-state index in [1.54, 1.807) is 24.7 Å². The Bertz CT molecular complexity index is 1470. The molecule has 5 heteroatoms. The zero-order valence-corrected chi connectivity index (χ0v) is 28.7. The van der Waals surface area contributed by atoms with Crippen molar-refractivity contribution in [2.24, 2.45) is 51.8 Å². The summed E-state index contributed by atoms with van der Waals surface area (Å²) in [5.41, 5.74) is 5.08. The molecule has 1 heterocycles. The number of carbonyl (C=O) groups excluding carboxylic acids is 1. The second-order valence-corrected chi connectivity index (χ2v) is 16.3. The first kappa shape index (κ1) is 32.8. The minimum atomic E-state index is -0.875. The zero-order valence-electron chi connectivity index (χ0n) is 28.7. The van der Waals surface area contributed by atoms with E-state index in [4.69, 9.17) is 4.42 Å². The number of carboxylic acids is 1. The normalized spacial score (nSPS) is 35.5. The molecular formula is C41H55NO4. The fraction of sp³-hybridized carbons (Fsp3) is 0.610. The van der Waals surface area contributed by atoms with Gasteiger partial charge in [0.15, 0.2) is 0 Å². The number of hydrogen-bond acceptors (Lipinski definition) is 3. The number of fused-ring (bicyclic) bond motifs is 4. The second kappa shape index (κ2) is 12.5. The Morgan fingerprint density at radius 3 is 2.35 bits per heavy atom. The van der Waals surface area contributed by atoms with Crippen LogP contribution in [-0.2, 0) is 11.3 Å². The molecule has 0 spiro atoms. The van der Waals surface area contributed by atoms with Crippen LogP contribution in [0.5, 0.6) is 0 Å². The summed E-state index contributed by atoms with van der Waals surface area (Å²) in [6.07, 6.45) is 17.0. The summed E-state index contributed by atoms with van der Waals surface area (Å²) in [5.74, 6) is 2.54. The van der Waals surface area contributed by atoms with Crippen LogP contribution in [0.3, 0.4) is 0 Å². The highest BCUT2D eigenvalue weighted by atomic mass is 16.4. The number of carboxylic acid groups (broad SMARTS) is 1. The molecule has 0 radical (unpaired) electrons. The molecule has 1 aromatic carbocycles. The summed E-state index contributed by atoms with van der Waals surface area (Å²) in [5, 5.41) is 12.8. The van der Waals surface area contributed by atoms with E-state index in [-0.39, 0.29) is 22.2 Å². The zero-order chi connectivity index (χ0) is 32.9. The summed E-state index contributed by atoms with van der Waals surface area (Å²) in [4.78, 5) is 25.7. The van der Waals surface area contributed by atoms with Crippen LogP contribution in [0.1, 0.15) is 120 Å². The molecule has 1 amide bonds. The maximum atomic E-state index is 14.2. The number of benzene rings is 1. The molecule has 5 nitrogen and oxygen atoms in total. The maximum Gasteiger partial charge on any atom is 0.335 e. The van der Waals surface area contributed by atoms with Crippen LogP contribution in [-0.4, -0.2) is 17.0 Å². The van der Waals surface area contributed by atoms with Gasteiger partial charge in [-0.15, -0.1) is 0 Å². The lowest BCUT2D eigenvalue weighted by molar-refractivity contribution is -0.136. The van der Waals surface area contributed by atoms with Crippen molar-refractivity contribution < 1.29 is 19.1 Å². The Hall–Kier alpha value is -3.08. The van der Waals surface area contributed by atoms with E-state index in [9.17, 15) is 14.7 Å². The Labute approximate surface area is 276 Å². The smallest absolute Gasteiger partial charge is 0.335 e. The maximum absolute atomic E-state index is 14.2. The summed E-state index contributed by atoms with van der Waals surface area (Å²) in [6.45, 7) is 17.1. The highest BCUT2D eigenvalue weighted by molar-refractivity contribution is 5.88. The average molecular weight is 626 g/mol. The first-order valence-corrected chi connectivity index (χ1v) is 17.9. The quantitative estimate of drug-likeness (QED) is 0.313. The molecule has 4 aliphatic rings. The molecule has 4 aliphatic carbocycles. The SMILES string of the molecule is C=C(C)C1CCC2(C(=O)NCc3ccoc3)CCC(C)C3(C)CCC4C(CC=C(c5ccc(C(=O)O)cc5)C4(C)C)C3CCCC12. The van der Waals surface area contributed by atoms with E-state index in [1.807, 2.05) is 18.2 Å². The first-order valence-electron chi connectivity index (χ1n) is 17.9. The minimum absolute atomic E-state index is 0.0201. The lowest BCUT2D eigenvalue weighted by atomic mass is 9.46. The monoisotopic (exact) mass is 625 g/mol. The second-order valence-electron chi connectivity index (χ2n) is 16.3. The first-order chi connectivity index (χ1) is 21.9. The predicted octanol–water partition coefficient (Wildman–Crippen LogP) is 9.95. The summed E-state index contributed by atoms with van der Waals surface area (Å²) in [7, 11) is 0. The number of furan rings is 1. The van der Waals surface area contributed by atoms with Gasteiger partial charge in [0.25, 0.3) is 0 Å². The molecule has 0 saturated heterocycles. The van der Waals surface area contributed by atoms with Gasteiger partial charge in [-0.25, -0.2) is 4.79 Å². The van der Waals surface area contributed by atoms with Gasteiger partial charge >= 0.3 is 5.97 Å². The van der Waals surface area contributed by atoms with Gasteiger partial charge in [-0.3, -0.25) is 4.79 Å². The van der Waals surface area contributed by atoms with Crippen LogP contribution in [0.4, 0.5) is 0 Å². The van der Waals surface area contributed by atoms with Crippen LogP contribution >= 0.6 is 0 Å². The average Bonchev–Trinajstić information content (AvgIpc) is 3.68. The Morgan fingerprint density at radius 2 is 1.67 bits per heavy atom. The highest BCUT2D eigenvalue weighted by Gasteiger charge is 2.57. The number of rotatable bonds is 6. The van der Waals surface area contributed by atoms with Gasteiger partial charge in [-0.05, 0) is 140 Å². The van der Waals surface area contributed by atoms with Gasteiger partial charge in [-0.2, -0.15) is 0 Å². The van der Waals surface area contributed by atoms with E-state index in [0.29, 0.717) is 47.6 Å². The lowest BCUT2D eigenvalue weighted by Crippen LogP contribution is -2.51. The van der Waals surface area contributed by atoms with Gasteiger partial charge in [0.1, 0.15) is 0 Å². The van der Waals surface area contributed by atoms with Crippen LogP contribution in [0, 0.1) is 51.8 Å². The predicted molar refractivity (Wildman–Crippen MR) is 184 cm³/mol. The van der Waals surface area contributed by atoms with Gasteiger partial charge in [0.2, 0.25) is 5.91 Å². The number of nitrogens with one attached hydrogen (secondary N) is 1. The lowest BCUT2D eigenvalue weighted by Gasteiger charge is -2.59. The standard InChI is InChI=1S/C41H55NO4/c1-26(2)31-17-22-41(38(45)42-24-28-19-23-46-25-28)21-16-27(3)40(6)20-18-34-32(35(40)8-7-9-36(31)41)14-15-33(39(34,4)5)29-10-12-30(13-11-29)37(43)44/h10-13,15,19,23,25,27,31-32,34-36H,1,7-9,14,16-18,20-22,24H2,2-6H3,(H,42,45)(H,43,44). The van der Waals surface area contributed by atoms with E-state index in [2.05, 4.69) is 52.6 Å². The molecule has 0 bridgehead atoms. The van der Waals surface area contributed by atoms with E-state index >= 15 is 0 Å². The molecule has 3 saturated carbocycles. The van der Waals surface area contributed by atoms with Crippen LogP contribution in [0.25, 0.3) is 5.57 Å². The van der Waals surface area contributed by atoms with Crippen molar-refractivity contribution in [3.05, 3.63) is 77.8 Å². The highest BCUT2D eigenvalue weighted by Crippen LogP contribution is 2.64. The summed E-state index contributed by atoms with van der Waals surface area (Å²) < 4.78 is 5.27.